The number of ether oxygens (including phenoxy) is 1. The number of benzene rings is 2. The van der Waals surface area contributed by atoms with Gasteiger partial charge in [0, 0.05) is 24.0 Å². The van der Waals surface area contributed by atoms with E-state index in [1.165, 1.54) is 11.8 Å². The molecule has 0 radical (unpaired) electrons. The molecular weight excluding hydrogens is 394 g/mol. The number of carbonyl (C=O) groups excluding carboxylic acids is 1. The van der Waals surface area contributed by atoms with Gasteiger partial charge in [-0.25, -0.2) is 4.98 Å². The van der Waals surface area contributed by atoms with Crippen molar-refractivity contribution in [2.75, 3.05) is 7.11 Å². The van der Waals surface area contributed by atoms with Gasteiger partial charge in [0.2, 0.25) is 5.91 Å². The summed E-state index contributed by atoms with van der Waals surface area (Å²) in [6.07, 6.45) is 3.60. The van der Waals surface area contributed by atoms with E-state index in [0.717, 1.165) is 27.7 Å². The highest BCUT2D eigenvalue weighted by molar-refractivity contribution is 8.00. The maximum Gasteiger partial charge on any atom is 0.233 e. The van der Waals surface area contributed by atoms with Gasteiger partial charge in [0.05, 0.1) is 18.0 Å². The molecule has 3 aromatic rings. The molecule has 0 fully saturated rings. The fourth-order valence-corrected chi connectivity index (χ4v) is 3.78. The van der Waals surface area contributed by atoms with Gasteiger partial charge in [-0.2, -0.15) is 0 Å². The van der Waals surface area contributed by atoms with Crippen LogP contribution in [-0.2, 0) is 11.3 Å². The molecule has 0 saturated heterocycles. The molecule has 3 rings (SSSR count). The number of nitrogens with one attached hydrogen (secondary N) is 1. The molecule has 146 valence electrons. The topological polar surface area (TPSA) is 56.1 Å². The van der Waals surface area contributed by atoms with Crippen LogP contribution < -0.4 is 10.1 Å². The Bertz CT molecular complexity index is 957. The van der Waals surface area contributed by atoms with Crippen LogP contribution in [0.4, 0.5) is 0 Å². The van der Waals surface area contributed by atoms with Crippen LogP contribution in [0.15, 0.2) is 60.0 Å². The largest absolute Gasteiger partial charge is 0.497 e. The van der Waals surface area contributed by atoms with Crippen LogP contribution in [-0.4, -0.2) is 27.8 Å². The van der Waals surface area contributed by atoms with Crippen LogP contribution in [0.3, 0.4) is 0 Å². The van der Waals surface area contributed by atoms with Gasteiger partial charge in [-0.3, -0.25) is 9.36 Å². The van der Waals surface area contributed by atoms with Crippen molar-refractivity contribution in [1.29, 1.82) is 0 Å². The van der Waals surface area contributed by atoms with Gasteiger partial charge in [0.15, 0.2) is 5.16 Å². The van der Waals surface area contributed by atoms with E-state index in [4.69, 9.17) is 16.3 Å². The summed E-state index contributed by atoms with van der Waals surface area (Å²) in [7, 11) is 1.63. The molecule has 1 heterocycles. The van der Waals surface area contributed by atoms with Crippen molar-refractivity contribution in [2.24, 2.45) is 0 Å². The van der Waals surface area contributed by atoms with Crippen molar-refractivity contribution in [3.63, 3.8) is 0 Å². The average Bonchev–Trinajstić information content (AvgIpc) is 3.16. The molecule has 0 aliphatic rings. The second-order valence-electron chi connectivity index (χ2n) is 6.29. The molecule has 0 saturated carbocycles. The minimum Gasteiger partial charge on any atom is -0.497 e. The number of thioether (sulfide) groups is 1. The quantitative estimate of drug-likeness (QED) is 0.571. The number of hydrogen-bond donors (Lipinski definition) is 1. The van der Waals surface area contributed by atoms with E-state index in [-0.39, 0.29) is 11.2 Å². The molecule has 28 heavy (non-hydrogen) atoms. The molecule has 1 aromatic heterocycles. The van der Waals surface area contributed by atoms with Crippen molar-refractivity contribution in [2.45, 2.75) is 30.8 Å². The van der Waals surface area contributed by atoms with Crippen molar-refractivity contribution >= 4 is 29.3 Å². The van der Waals surface area contributed by atoms with E-state index in [0.29, 0.717) is 11.6 Å². The number of carbonyl (C=O) groups is 1. The first-order chi connectivity index (χ1) is 13.5. The summed E-state index contributed by atoms with van der Waals surface area (Å²) in [6.45, 7) is 4.31. The third kappa shape index (κ3) is 4.69. The summed E-state index contributed by atoms with van der Waals surface area (Å²) >= 11 is 7.66. The zero-order chi connectivity index (χ0) is 20.1. The fraction of sp³-hybridized carbons (Fsp3) is 0.238. The van der Waals surface area contributed by atoms with Gasteiger partial charge in [-0.15, -0.1) is 0 Å². The standard InChI is InChI=1S/C21H22ClN3O2S/c1-14-18(22)5-4-6-19(14)25-12-11-23-21(25)28-15(2)20(26)24-13-16-7-9-17(27-3)10-8-16/h4-12,15H,13H2,1-3H3,(H,24,26)/t15-/m0/s1. The van der Waals surface area contributed by atoms with Crippen LogP contribution >= 0.6 is 23.4 Å². The Morgan fingerprint density at radius 2 is 2.04 bits per heavy atom. The Kier molecular flexibility index (Phi) is 6.65. The van der Waals surface area contributed by atoms with Crippen molar-refractivity contribution in [3.05, 3.63) is 71.0 Å². The Hall–Kier alpha value is -2.44. The molecule has 1 amide bonds. The molecule has 0 aliphatic heterocycles. The molecule has 1 atom stereocenters. The summed E-state index contributed by atoms with van der Waals surface area (Å²) in [5.74, 6) is 0.750. The van der Waals surface area contributed by atoms with Gasteiger partial charge in [0.25, 0.3) is 0 Å². The average molecular weight is 416 g/mol. The lowest BCUT2D eigenvalue weighted by Gasteiger charge is -2.15. The number of aromatic nitrogens is 2. The van der Waals surface area contributed by atoms with Crippen molar-refractivity contribution in [3.8, 4) is 11.4 Å². The van der Waals surface area contributed by atoms with Crippen molar-refractivity contribution < 1.29 is 9.53 Å². The Morgan fingerprint density at radius 1 is 1.29 bits per heavy atom. The minimum absolute atomic E-state index is 0.0433. The first-order valence-electron chi connectivity index (χ1n) is 8.85. The van der Waals surface area contributed by atoms with Gasteiger partial charge in [-0.05, 0) is 49.2 Å². The summed E-state index contributed by atoms with van der Waals surface area (Å²) in [4.78, 5) is 16.9. The van der Waals surface area contributed by atoms with Crippen LogP contribution in [0.1, 0.15) is 18.1 Å². The predicted molar refractivity (Wildman–Crippen MR) is 113 cm³/mol. The number of amides is 1. The molecule has 2 aromatic carbocycles. The van der Waals surface area contributed by atoms with E-state index < -0.39 is 0 Å². The van der Waals surface area contributed by atoms with Crippen LogP contribution in [0, 0.1) is 6.92 Å². The normalized spacial score (nSPS) is 11.9. The summed E-state index contributed by atoms with van der Waals surface area (Å²) < 4.78 is 7.10. The Balaban J connectivity index is 1.64. The minimum atomic E-state index is -0.293. The predicted octanol–water partition coefficient (Wildman–Crippen LogP) is 4.64. The van der Waals surface area contributed by atoms with Crippen LogP contribution in [0.2, 0.25) is 5.02 Å². The van der Waals surface area contributed by atoms with E-state index in [9.17, 15) is 4.79 Å². The molecular formula is C21H22ClN3O2S. The Labute approximate surface area is 174 Å². The lowest BCUT2D eigenvalue weighted by molar-refractivity contribution is -0.120. The molecule has 5 nitrogen and oxygen atoms in total. The first-order valence-corrected chi connectivity index (χ1v) is 10.1. The lowest BCUT2D eigenvalue weighted by atomic mass is 10.2. The molecule has 1 N–H and O–H groups in total. The van der Waals surface area contributed by atoms with Crippen LogP contribution in [0.25, 0.3) is 5.69 Å². The highest BCUT2D eigenvalue weighted by Gasteiger charge is 2.18. The number of imidazole rings is 1. The van der Waals surface area contributed by atoms with Gasteiger partial charge >= 0.3 is 0 Å². The monoisotopic (exact) mass is 415 g/mol. The number of methoxy groups -OCH3 is 1. The van der Waals surface area contributed by atoms with E-state index in [1.54, 1.807) is 13.3 Å². The highest BCUT2D eigenvalue weighted by atomic mass is 35.5. The second-order valence-corrected chi connectivity index (χ2v) is 8.00. The third-order valence-electron chi connectivity index (χ3n) is 4.38. The Morgan fingerprint density at radius 3 is 2.75 bits per heavy atom. The SMILES string of the molecule is COc1ccc(CNC(=O)[C@H](C)Sc2nccn2-c2cccc(Cl)c2C)cc1. The van der Waals surface area contributed by atoms with Gasteiger partial charge in [0.1, 0.15) is 5.75 Å². The maximum atomic E-state index is 12.5. The van der Waals surface area contributed by atoms with E-state index >= 15 is 0 Å². The van der Waals surface area contributed by atoms with E-state index in [2.05, 4.69) is 10.3 Å². The van der Waals surface area contributed by atoms with E-state index in [1.807, 2.05) is 67.1 Å². The third-order valence-corrected chi connectivity index (χ3v) is 5.87. The summed E-state index contributed by atoms with van der Waals surface area (Å²) in [6, 6.07) is 13.4. The van der Waals surface area contributed by atoms with Gasteiger partial charge in [-0.1, -0.05) is 41.6 Å². The zero-order valence-corrected chi connectivity index (χ0v) is 17.6. The molecule has 0 spiro atoms. The second kappa shape index (κ2) is 9.17. The van der Waals surface area contributed by atoms with Crippen molar-refractivity contribution in [1.82, 2.24) is 14.9 Å². The number of halogens is 1. The molecule has 0 aliphatic carbocycles. The maximum absolute atomic E-state index is 12.5. The van der Waals surface area contributed by atoms with Crippen LogP contribution in [0.5, 0.6) is 5.75 Å². The number of hydrogen-bond acceptors (Lipinski definition) is 4. The molecule has 0 unspecified atom stereocenters. The highest BCUT2D eigenvalue weighted by Crippen LogP contribution is 2.28. The summed E-state index contributed by atoms with van der Waals surface area (Å²) in [5, 5.41) is 4.13. The number of nitrogens with zero attached hydrogens (tertiary/aromatic N) is 2. The van der Waals surface area contributed by atoms with Gasteiger partial charge < -0.3 is 10.1 Å². The first kappa shape index (κ1) is 20.3. The zero-order valence-electron chi connectivity index (χ0n) is 16.0. The summed E-state index contributed by atoms with van der Waals surface area (Å²) in [5.41, 5.74) is 2.95. The fourth-order valence-electron chi connectivity index (χ4n) is 2.71. The smallest absolute Gasteiger partial charge is 0.233 e. The number of rotatable bonds is 7. The lowest BCUT2D eigenvalue weighted by Crippen LogP contribution is -2.30. The molecule has 0 bridgehead atoms. The molecule has 7 heteroatoms.